The number of hydrogen-bond donors (Lipinski definition) is 1. The van der Waals surface area contributed by atoms with E-state index in [-0.39, 0.29) is 5.75 Å². The summed E-state index contributed by atoms with van der Waals surface area (Å²) in [7, 11) is 0. The zero-order valence-corrected chi connectivity index (χ0v) is 13.2. The van der Waals surface area contributed by atoms with E-state index in [2.05, 4.69) is 22.1 Å². The highest BCUT2D eigenvalue weighted by Crippen LogP contribution is 2.21. The minimum absolute atomic E-state index is 0.246. The molecule has 1 N–H and O–H groups in total. The van der Waals surface area contributed by atoms with Crippen molar-refractivity contribution in [1.82, 2.24) is 9.97 Å². The molecule has 0 radical (unpaired) electrons. The smallest absolute Gasteiger partial charge is 0.141 e. The molecular formula is C20H18N2O. The van der Waals surface area contributed by atoms with Crippen molar-refractivity contribution in [2.75, 3.05) is 0 Å². The Bertz CT molecular complexity index is 964. The number of rotatable bonds is 0. The Balaban J connectivity index is 0.000000136. The number of aryl methyl sites for hydroxylation is 2. The highest BCUT2D eigenvalue weighted by atomic mass is 16.3. The van der Waals surface area contributed by atoms with E-state index in [0.717, 1.165) is 22.3 Å². The van der Waals surface area contributed by atoms with Crippen molar-refractivity contribution < 1.29 is 5.11 Å². The van der Waals surface area contributed by atoms with Crippen LogP contribution in [0.15, 0.2) is 66.7 Å². The van der Waals surface area contributed by atoms with Crippen molar-refractivity contribution in [3.63, 3.8) is 0 Å². The Morgan fingerprint density at radius 1 is 0.652 bits per heavy atom. The third-order valence-electron chi connectivity index (χ3n) is 3.58. The zero-order chi connectivity index (χ0) is 16.2. The maximum absolute atomic E-state index is 9.43. The van der Waals surface area contributed by atoms with E-state index < -0.39 is 0 Å². The van der Waals surface area contributed by atoms with Crippen LogP contribution in [0.2, 0.25) is 0 Å². The van der Waals surface area contributed by atoms with E-state index in [9.17, 15) is 5.11 Å². The van der Waals surface area contributed by atoms with Crippen molar-refractivity contribution in [3.8, 4) is 5.75 Å². The third-order valence-corrected chi connectivity index (χ3v) is 3.58. The highest BCUT2D eigenvalue weighted by molar-refractivity contribution is 5.84. The molecule has 2 aromatic carbocycles. The number of para-hydroxylation sites is 2. The fourth-order valence-corrected chi connectivity index (χ4v) is 2.40. The van der Waals surface area contributed by atoms with Crippen LogP contribution in [0.3, 0.4) is 0 Å². The van der Waals surface area contributed by atoms with E-state index in [4.69, 9.17) is 0 Å². The minimum atomic E-state index is 0.246. The molecule has 3 nitrogen and oxygen atoms in total. The lowest BCUT2D eigenvalue weighted by molar-refractivity contribution is 0.480. The second-order valence-corrected chi connectivity index (χ2v) is 5.45. The zero-order valence-electron chi connectivity index (χ0n) is 13.2. The number of aromatic hydroxyl groups is 1. The fourth-order valence-electron chi connectivity index (χ4n) is 2.40. The normalized spacial score (nSPS) is 10.3. The lowest BCUT2D eigenvalue weighted by atomic mass is 10.2. The van der Waals surface area contributed by atoms with Crippen molar-refractivity contribution in [2.45, 2.75) is 13.8 Å². The largest absolute Gasteiger partial charge is 0.506 e. The summed E-state index contributed by atoms with van der Waals surface area (Å²) in [4.78, 5) is 8.60. The molecular weight excluding hydrogens is 284 g/mol. The standard InChI is InChI=1S/C10H9NO.C10H9N/c1-7-5-6-8-3-2-4-9(12)10(8)11-7;1-8-6-7-9-4-2-3-5-10(9)11-8/h2-6,12H,1H3;2-7H,1H3. The lowest BCUT2D eigenvalue weighted by Crippen LogP contribution is -1.82. The number of fused-ring (bicyclic) bond motifs is 2. The van der Waals surface area contributed by atoms with Crippen molar-refractivity contribution >= 4 is 21.8 Å². The van der Waals surface area contributed by atoms with Crippen molar-refractivity contribution in [2.24, 2.45) is 0 Å². The van der Waals surface area contributed by atoms with Crippen molar-refractivity contribution in [3.05, 3.63) is 78.1 Å². The Kier molecular flexibility index (Phi) is 4.20. The van der Waals surface area contributed by atoms with Crippen LogP contribution in [-0.2, 0) is 0 Å². The average molecular weight is 302 g/mol. The van der Waals surface area contributed by atoms with E-state index in [0.29, 0.717) is 5.52 Å². The van der Waals surface area contributed by atoms with E-state index in [1.165, 1.54) is 5.39 Å². The predicted octanol–water partition coefficient (Wildman–Crippen LogP) is 4.79. The molecule has 0 aliphatic rings. The first-order chi connectivity index (χ1) is 11.1. The molecule has 2 heterocycles. The molecule has 0 aliphatic heterocycles. The van der Waals surface area contributed by atoms with Crippen molar-refractivity contribution in [1.29, 1.82) is 0 Å². The van der Waals surface area contributed by atoms with Crippen LogP contribution in [-0.4, -0.2) is 15.1 Å². The molecule has 0 unspecified atom stereocenters. The van der Waals surface area contributed by atoms with Gasteiger partial charge in [0.25, 0.3) is 0 Å². The van der Waals surface area contributed by atoms with Gasteiger partial charge in [0.15, 0.2) is 0 Å². The molecule has 23 heavy (non-hydrogen) atoms. The SMILES string of the molecule is Cc1ccc2cccc(O)c2n1.Cc1ccc2ccccc2n1. The summed E-state index contributed by atoms with van der Waals surface area (Å²) in [5, 5.41) is 11.6. The minimum Gasteiger partial charge on any atom is -0.506 e. The third kappa shape index (κ3) is 3.46. The molecule has 0 atom stereocenters. The molecule has 2 aromatic heterocycles. The number of benzene rings is 2. The van der Waals surface area contributed by atoms with Gasteiger partial charge in [0, 0.05) is 22.2 Å². The van der Waals surface area contributed by atoms with Gasteiger partial charge in [0.1, 0.15) is 11.3 Å². The van der Waals surface area contributed by atoms with Gasteiger partial charge >= 0.3 is 0 Å². The molecule has 4 aromatic rings. The van der Waals surface area contributed by atoms with Crippen LogP contribution in [0.1, 0.15) is 11.4 Å². The fraction of sp³-hybridized carbons (Fsp3) is 0.100. The summed E-state index contributed by atoms with van der Waals surface area (Å²) >= 11 is 0. The molecule has 0 aliphatic carbocycles. The maximum Gasteiger partial charge on any atom is 0.141 e. The quantitative estimate of drug-likeness (QED) is 0.508. The maximum atomic E-state index is 9.43. The average Bonchev–Trinajstić information content (AvgIpc) is 2.56. The molecule has 4 rings (SSSR count). The lowest BCUT2D eigenvalue weighted by Gasteiger charge is -1.99. The van der Waals surface area contributed by atoms with Gasteiger partial charge in [0.05, 0.1) is 5.52 Å². The van der Waals surface area contributed by atoms with Crippen LogP contribution in [0.5, 0.6) is 5.75 Å². The predicted molar refractivity (Wildman–Crippen MR) is 94.6 cm³/mol. The number of aromatic nitrogens is 2. The Labute approximate surface area is 135 Å². The molecule has 0 fully saturated rings. The Hall–Kier alpha value is -2.94. The summed E-state index contributed by atoms with van der Waals surface area (Å²) in [6, 6.07) is 21.5. The monoisotopic (exact) mass is 302 g/mol. The first kappa shape index (κ1) is 15.0. The van der Waals surface area contributed by atoms with Gasteiger partial charge in [0.2, 0.25) is 0 Å². The van der Waals surface area contributed by atoms with Crippen LogP contribution in [0.4, 0.5) is 0 Å². The van der Waals surface area contributed by atoms with E-state index >= 15 is 0 Å². The Morgan fingerprint density at radius 3 is 2.13 bits per heavy atom. The molecule has 0 spiro atoms. The summed E-state index contributed by atoms with van der Waals surface area (Å²) < 4.78 is 0. The first-order valence-electron chi connectivity index (χ1n) is 7.51. The number of hydrogen-bond acceptors (Lipinski definition) is 3. The molecule has 0 saturated carbocycles. The number of phenolic OH excluding ortho intramolecular Hbond substituents is 1. The molecule has 0 saturated heterocycles. The number of phenols is 1. The van der Waals surface area contributed by atoms with Gasteiger partial charge in [-0.05, 0) is 38.1 Å². The van der Waals surface area contributed by atoms with Gasteiger partial charge in [-0.1, -0.05) is 42.5 Å². The van der Waals surface area contributed by atoms with Crippen LogP contribution in [0, 0.1) is 13.8 Å². The summed E-state index contributed by atoms with van der Waals surface area (Å²) in [6.07, 6.45) is 0. The first-order valence-corrected chi connectivity index (χ1v) is 7.51. The van der Waals surface area contributed by atoms with Crippen LogP contribution < -0.4 is 0 Å². The molecule has 3 heteroatoms. The summed E-state index contributed by atoms with van der Waals surface area (Å²) in [6.45, 7) is 3.92. The number of pyridine rings is 2. The van der Waals surface area contributed by atoms with Gasteiger partial charge in [-0.25, -0.2) is 4.98 Å². The molecule has 114 valence electrons. The molecule has 0 amide bonds. The van der Waals surface area contributed by atoms with Gasteiger partial charge in [-0.3, -0.25) is 4.98 Å². The second kappa shape index (κ2) is 6.44. The van der Waals surface area contributed by atoms with Gasteiger partial charge in [-0.2, -0.15) is 0 Å². The van der Waals surface area contributed by atoms with E-state index in [1.54, 1.807) is 6.07 Å². The van der Waals surface area contributed by atoms with Crippen LogP contribution in [0.25, 0.3) is 21.8 Å². The number of nitrogens with zero attached hydrogens (tertiary/aromatic N) is 2. The Morgan fingerprint density at radius 2 is 1.30 bits per heavy atom. The van der Waals surface area contributed by atoms with Gasteiger partial charge in [-0.15, -0.1) is 0 Å². The summed E-state index contributed by atoms with van der Waals surface area (Å²) in [5.74, 6) is 0.246. The topological polar surface area (TPSA) is 46.0 Å². The highest BCUT2D eigenvalue weighted by Gasteiger charge is 1.99. The van der Waals surface area contributed by atoms with Crippen LogP contribution >= 0.6 is 0 Å². The second-order valence-electron chi connectivity index (χ2n) is 5.45. The van der Waals surface area contributed by atoms with Gasteiger partial charge < -0.3 is 5.11 Å². The summed E-state index contributed by atoms with van der Waals surface area (Å²) in [5.41, 5.74) is 3.75. The van der Waals surface area contributed by atoms with E-state index in [1.807, 2.05) is 62.4 Å². The molecule has 0 bridgehead atoms.